The second-order valence-electron chi connectivity index (χ2n) is 5.76. The number of ketones is 1. The first-order valence-corrected chi connectivity index (χ1v) is 7.67. The largest absolute Gasteiger partial charge is 0.497 e. The van der Waals surface area contributed by atoms with Crippen LogP contribution in [-0.2, 0) is 11.2 Å². The zero-order chi connectivity index (χ0) is 15.3. The highest BCUT2D eigenvalue weighted by atomic mass is 35.5. The molecule has 0 N–H and O–H groups in total. The number of ether oxygens (including phenoxy) is 2. The van der Waals surface area contributed by atoms with Crippen LogP contribution in [0.3, 0.4) is 0 Å². The summed E-state index contributed by atoms with van der Waals surface area (Å²) in [5.74, 6) is 0.836. The van der Waals surface area contributed by atoms with E-state index in [1.54, 1.807) is 7.11 Å². The van der Waals surface area contributed by atoms with Crippen LogP contribution in [-0.4, -0.2) is 18.5 Å². The number of halogens is 1. The van der Waals surface area contributed by atoms with E-state index in [2.05, 4.69) is 0 Å². The van der Waals surface area contributed by atoms with Gasteiger partial charge in [-0.3, -0.25) is 4.79 Å². The summed E-state index contributed by atoms with van der Waals surface area (Å²) in [6.07, 6.45) is 1.25. The summed E-state index contributed by atoms with van der Waals surface area (Å²) in [4.78, 5) is 12.9. The van der Waals surface area contributed by atoms with Crippen molar-refractivity contribution in [1.29, 1.82) is 0 Å². The molecule has 112 valence electrons. The molecule has 2 unspecified atom stereocenters. The Bertz CT molecular complexity index is 771. The Morgan fingerprint density at radius 2 is 2.09 bits per heavy atom. The predicted molar refractivity (Wildman–Crippen MR) is 83.7 cm³/mol. The average molecular weight is 315 g/mol. The van der Waals surface area contributed by atoms with Crippen LogP contribution in [0.1, 0.15) is 34.0 Å². The van der Waals surface area contributed by atoms with E-state index in [1.807, 2.05) is 42.5 Å². The van der Waals surface area contributed by atoms with Gasteiger partial charge in [-0.15, -0.1) is 0 Å². The van der Waals surface area contributed by atoms with Crippen LogP contribution in [0.25, 0.3) is 0 Å². The maximum Gasteiger partial charge on any atom is 0.198 e. The molecule has 1 fully saturated rings. The molecular weight excluding hydrogens is 300 g/mol. The minimum absolute atomic E-state index is 0.0568. The van der Waals surface area contributed by atoms with E-state index in [4.69, 9.17) is 21.1 Å². The van der Waals surface area contributed by atoms with Crippen molar-refractivity contribution in [2.45, 2.75) is 24.5 Å². The number of epoxide rings is 1. The molecule has 1 aliphatic carbocycles. The van der Waals surface area contributed by atoms with E-state index < -0.39 is 5.60 Å². The number of fused-ring (bicyclic) bond motifs is 1. The standard InChI is InChI=1S/C18H15ClO3/c1-21-12-6-7-13-11(10-12)8-9-18(16(13)20)17(22-18)14-4-2-3-5-15(14)19/h2-7,10,17H,8-9H2,1H3. The molecular formula is C18H15ClO3. The summed E-state index contributed by atoms with van der Waals surface area (Å²) < 4.78 is 11.1. The van der Waals surface area contributed by atoms with Crippen LogP contribution in [0.2, 0.25) is 5.02 Å². The van der Waals surface area contributed by atoms with Crippen LogP contribution < -0.4 is 4.74 Å². The molecule has 4 heteroatoms. The van der Waals surface area contributed by atoms with Gasteiger partial charge in [0, 0.05) is 16.1 Å². The van der Waals surface area contributed by atoms with Gasteiger partial charge in [0.1, 0.15) is 11.9 Å². The van der Waals surface area contributed by atoms with Gasteiger partial charge in [-0.25, -0.2) is 0 Å². The number of rotatable bonds is 2. The highest BCUT2D eigenvalue weighted by Gasteiger charge is 2.64. The van der Waals surface area contributed by atoms with Gasteiger partial charge in [0.2, 0.25) is 0 Å². The van der Waals surface area contributed by atoms with Gasteiger partial charge >= 0.3 is 0 Å². The summed E-state index contributed by atoms with van der Waals surface area (Å²) in [5, 5.41) is 0.651. The van der Waals surface area contributed by atoms with E-state index in [0.717, 1.165) is 28.9 Å². The first-order valence-electron chi connectivity index (χ1n) is 7.30. The molecule has 0 saturated carbocycles. The molecule has 1 spiro atoms. The summed E-state index contributed by atoms with van der Waals surface area (Å²) >= 11 is 6.24. The molecule has 0 radical (unpaired) electrons. The summed E-state index contributed by atoms with van der Waals surface area (Å²) in [5.41, 5.74) is 1.94. The maximum atomic E-state index is 12.9. The number of methoxy groups -OCH3 is 1. The van der Waals surface area contributed by atoms with Crippen molar-refractivity contribution in [3.05, 3.63) is 64.2 Å². The van der Waals surface area contributed by atoms with E-state index in [-0.39, 0.29) is 11.9 Å². The minimum Gasteiger partial charge on any atom is -0.497 e. The smallest absolute Gasteiger partial charge is 0.198 e. The third-order valence-corrected chi connectivity index (χ3v) is 4.93. The molecule has 2 aliphatic rings. The van der Waals surface area contributed by atoms with Crippen molar-refractivity contribution in [2.75, 3.05) is 7.11 Å². The number of hydrogen-bond donors (Lipinski definition) is 0. The van der Waals surface area contributed by atoms with Gasteiger partial charge in [-0.05, 0) is 42.7 Å². The second-order valence-corrected chi connectivity index (χ2v) is 6.17. The van der Waals surface area contributed by atoms with Crippen molar-refractivity contribution in [3.63, 3.8) is 0 Å². The SMILES string of the molecule is COc1ccc2c(c1)CCC1(OC1c1ccccc1Cl)C2=O. The maximum absolute atomic E-state index is 12.9. The third-order valence-electron chi connectivity index (χ3n) is 4.59. The molecule has 2 aromatic rings. The van der Waals surface area contributed by atoms with Crippen molar-refractivity contribution >= 4 is 17.4 Å². The number of carbonyl (C=O) groups excluding carboxylic acids is 1. The Morgan fingerprint density at radius 3 is 2.86 bits per heavy atom. The minimum atomic E-state index is -0.730. The zero-order valence-corrected chi connectivity index (χ0v) is 12.9. The number of hydrogen-bond acceptors (Lipinski definition) is 3. The van der Waals surface area contributed by atoms with E-state index in [0.29, 0.717) is 11.4 Å². The summed E-state index contributed by atoms with van der Waals surface area (Å²) in [6, 6.07) is 13.2. The van der Waals surface area contributed by atoms with E-state index in [9.17, 15) is 4.79 Å². The van der Waals surface area contributed by atoms with Gasteiger partial charge in [0.05, 0.1) is 7.11 Å². The highest BCUT2D eigenvalue weighted by molar-refractivity contribution is 6.31. The van der Waals surface area contributed by atoms with Crippen molar-refractivity contribution < 1.29 is 14.3 Å². The van der Waals surface area contributed by atoms with Crippen molar-refractivity contribution in [3.8, 4) is 5.75 Å². The lowest BCUT2D eigenvalue weighted by Gasteiger charge is -2.21. The molecule has 3 nitrogen and oxygen atoms in total. The van der Waals surface area contributed by atoms with Crippen molar-refractivity contribution in [1.82, 2.24) is 0 Å². The number of benzene rings is 2. The topological polar surface area (TPSA) is 38.8 Å². The lowest BCUT2D eigenvalue weighted by atomic mass is 9.79. The summed E-state index contributed by atoms with van der Waals surface area (Å²) in [6.45, 7) is 0. The van der Waals surface area contributed by atoms with Gasteiger partial charge in [-0.1, -0.05) is 29.8 Å². The highest BCUT2D eigenvalue weighted by Crippen LogP contribution is 2.57. The van der Waals surface area contributed by atoms with Gasteiger partial charge in [0.25, 0.3) is 0 Å². The molecule has 2 aromatic carbocycles. The Labute approximate surface area is 133 Å². The second kappa shape index (κ2) is 4.83. The molecule has 22 heavy (non-hydrogen) atoms. The Balaban J connectivity index is 1.69. The Morgan fingerprint density at radius 1 is 1.27 bits per heavy atom. The van der Waals surface area contributed by atoms with Crippen molar-refractivity contribution in [2.24, 2.45) is 0 Å². The van der Waals surface area contributed by atoms with Crippen LogP contribution in [0.5, 0.6) is 5.75 Å². The molecule has 0 amide bonds. The van der Waals surface area contributed by atoms with Gasteiger partial charge < -0.3 is 9.47 Å². The molecule has 1 saturated heterocycles. The molecule has 2 atom stereocenters. The fourth-order valence-corrected chi connectivity index (χ4v) is 3.56. The lowest BCUT2D eigenvalue weighted by molar-refractivity contribution is 0.0850. The number of aryl methyl sites for hydroxylation is 1. The Hall–Kier alpha value is -1.84. The fourth-order valence-electron chi connectivity index (χ4n) is 3.33. The van der Waals surface area contributed by atoms with Gasteiger partial charge in [-0.2, -0.15) is 0 Å². The summed E-state index contributed by atoms with van der Waals surface area (Å²) in [7, 11) is 1.63. The normalized spacial score (nSPS) is 25.9. The van der Waals surface area contributed by atoms with Crippen LogP contribution >= 0.6 is 11.6 Å². The fraction of sp³-hybridized carbons (Fsp3) is 0.278. The molecule has 4 rings (SSSR count). The monoisotopic (exact) mass is 314 g/mol. The van der Waals surface area contributed by atoms with E-state index in [1.165, 1.54) is 0 Å². The Kier molecular flexibility index (Phi) is 3.03. The molecule has 1 heterocycles. The van der Waals surface area contributed by atoms with Gasteiger partial charge in [0.15, 0.2) is 11.4 Å². The molecule has 0 bridgehead atoms. The predicted octanol–water partition coefficient (Wildman–Crippen LogP) is 3.99. The van der Waals surface area contributed by atoms with Crippen LogP contribution in [0.4, 0.5) is 0 Å². The average Bonchev–Trinajstić information content (AvgIpc) is 3.26. The quantitative estimate of drug-likeness (QED) is 0.787. The zero-order valence-electron chi connectivity index (χ0n) is 12.1. The third kappa shape index (κ3) is 1.89. The number of Topliss-reactive ketones (excluding diaryl/α,β-unsaturated/α-hetero) is 1. The first kappa shape index (κ1) is 13.8. The van der Waals surface area contributed by atoms with Crippen LogP contribution in [0.15, 0.2) is 42.5 Å². The molecule has 0 aromatic heterocycles. The first-order chi connectivity index (χ1) is 10.7. The van der Waals surface area contributed by atoms with Crippen LogP contribution in [0, 0.1) is 0 Å². The lowest BCUT2D eigenvalue weighted by Crippen LogP contribution is -2.31. The van der Waals surface area contributed by atoms with E-state index >= 15 is 0 Å². The molecule has 1 aliphatic heterocycles. The number of carbonyl (C=O) groups is 1.